The molecule has 0 saturated carbocycles. The summed E-state index contributed by atoms with van der Waals surface area (Å²) in [7, 11) is 0. The van der Waals surface area contributed by atoms with Crippen LogP contribution in [0.2, 0.25) is 0 Å². The van der Waals surface area contributed by atoms with Crippen molar-refractivity contribution in [1.29, 1.82) is 0 Å². The van der Waals surface area contributed by atoms with Crippen LogP contribution in [0.1, 0.15) is 0 Å². The standard InChI is InChI=1S/C6H4F2.CH3I.CH2O2/c7-5-3-1-2-4-6(5)8;1-2;2-1-3/h1-4H;1H3;1H,(H,2,3). The van der Waals surface area contributed by atoms with Crippen molar-refractivity contribution in [3.05, 3.63) is 35.9 Å². The first-order valence-electron chi connectivity index (χ1n) is 3.08. The Morgan fingerprint density at radius 2 is 1.46 bits per heavy atom. The van der Waals surface area contributed by atoms with Crippen LogP contribution in [0, 0.1) is 11.6 Å². The molecule has 13 heavy (non-hydrogen) atoms. The van der Waals surface area contributed by atoms with Crippen molar-refractivity contribution in [1.82, 2.24) is 0 Å². The van der Waals surface area contributed by atoms with Gasteiger partial charge in [0.1, 0.15) is 0 Å². The molecule has 1 rings (SSSR count). The van der Waals surface area contributed by atoms with Gasteiger partial charge in [-0.25, -0.2) is 8.78 Å². The van der Waals surface area contributed by atoms with Gasteiger partial charge in [0.2, 0.25) is 0 Å². The van der Waals surface area contributed by atoms with Crippen LogP contribution in [0.15, 0.2) is 24.3 Å². The van der Waals surface area contributed by atoms with Crippen molar-refractivity contribution >= 4 is 29.1 Å². The molecule has 1 aromatic carbocycles. The van der Waals surface area contributed by atoms with E-state index in [1.807, 2.05) is 4.93 Å². The zero-order valence-corrected chi connectivity index (χ0v) is 9.03. The van der Waals surface area contributed by atoms with Gasteiger partial charge in [0.25, 0.3) is 6.47 Å². The zero-order chi connectivity index (χ0) is 10.7. The van der Waals surface area contributed by atoms with Crippen molar-refractivity contribution in [3.8, 4) is 0 Å². The lowest BCUT2D eigenvalue weighted by Crippen LogP contribution is -1.77. The predicted molar refractivity (Wildman–Crippen MR) is 55.0 cm³/mol. The fourth-order valence-corrected chi connectivity index (χ4v) is 0.439. The summed E-state index contributed by atoms with van der Waals surface area (Å²) in [6.45, 7) is -0.250. The molecule has 0 fully saturated rings. The number of benzene rings is 1. The Labute approximate surface area is 88.7 Å². The molecule has 5 heteroatoms. The molecule has 0 heterocycles. The summed E-state index contributed by atoms with van der Waals surface area (Å²) in [5.41, 5.74) is 0. The molecule has 0 aliphatic heterocycles. The Morgan fingerprint density at radius 3 is 1.62 bits per heavy atom. The maximum Gasteiger partial charge on any atom is 0.290 e. The molecule has 0 unspecified atom stereocenters. The molecule has 0 aliphatic rings. The van der Waals surface area contributed by atoms with Crippen molar-refractivity contribution in [2.45, 2.75) is 0 Å². The largest absolute Gasteiger partial charge is 0.483 e. The van der Waals surface area contributed by atoms with Gasteiger partial charge in [-0.3, -0.25) is 4.79 Å². The van der Waals surface area contributed by atoms with Gasteiger partial charge in [0, 0.05) is 0 Å². The lowest BCUT2D eigenvalue weighted by atomic mass is 10.3. The van der Waals surface area contributed by atoms with Crippen LogP contribution in [-0.4, -0.2) is 16.5 Å². The third-order valence-corrected chi connectivity index (χ3v) is 0.824. The van der Waals surface area contributed by atoms with Crippen LogP contribution in [-0.2, 0) is 4.79 Å². The highest BCUT2D eigenvalue weighted by molar-refractivity contribution is 14.1. The highest BCUT2D eigenvalue weighted by atomic mass is 127. The molecule has 0 radical (unpaired) electrons. The summed E-state index contributed by atoms with van der Waals surface area (Å²) < 4.78 is 23.9. The second-order valence-electron chi connectivity index (χ2n) is 1.52. The monoisotopic (exact) mass is 302 g/mol. The maximum absolute atomic E-state index is 11.9. The molecule has 0 amide bonds. The lowest BCUT2D eigenvalue weighted by molar-refractivity contribution is -0.122. The van der Waals surface area contributed by atoms with Gasteiger partial charge in [0.05, 0.1) is 0 Å². The minimum absolute atomic E-state index is 0.250. The molecule has 0 saturated heterocycles. The SMILES string of the molecule is CI.Fc1ccccc1F.O=CO. The molecule has 2 nitrogen and oxygen atoms in total. The molecule has 0 bridgehead atoms. The molecule has 0 spiro atoms. The van der Waals surface area contributed by atoms with Crippen LogP contribution in [0.4, 0.5) is 8.78 Å². The van der Waals surface area contributed by atoms with Gasteiger partial charge in [-0.1, -0.05) is 34.7 Å². The maximum atomic E-state index is 11.9. The summed E-state index contributed by atoms with van der Waals surface area (Å²) >= 11 is 2.15. The van der Waals surface area contributed by atoms with Crippen molar-refractivity contribution in [3.63, 3.8) is 0 Å². The van der Waals surface area contributed by atoms with Crippen molar-refractivity contribution in [2.75, 3.05) is 4.93 Å². The van der Waals surface area contributed by atoms with Crippen LogP contribution in [0.5, 0.6) is 0 Å². The second-order valence-corrected chi connectivity index (χ2v) is 1.52. The number of alkyl halides is 1. The van der Waals surface area contributed by atoms with E-state index in [-0.39, 0.29) is 6.47 Å². The van der Waals surface area contributed by atoms with E-state index in [2.05, 4.69) is 22.6 Å². The number of carboxylic acid groups (broad SMARTS) is 1. The van der Waals surface area contributed by atoms with Gasteiger partial charge in [-0.2, -0.15) is 0 Å². The van der Waals surface area contributed by atoms with Gasteiger partial charge < -0.3 is 5.11 Å². The van der Waals surface area contributed by atoms with Crippen LogP contribution in [0.25, 0.3) is 0 Å². The van der Waals surface area contributed by atoms with Gasteiger partial charge in [-0.05, 0) is 17.1 Å². The highest BCUT2D eigenvalue weighted by Gasteiger charge is 1.93. The number of hydrogen-bond acceptors (Lipinski definition) is 1. The van der Waals surface area contributed by atoms with Gasteiger partial charge >= 0.3 is 0 Å². The summed E-state index contributed by atoms with van der Waals surface area (Å²) in [5, 5.41) is 6.89. The minimum atomic E-state index is -0.799. The topological polar surface area (TPSA) is 37.3 Å². The highest BCUT2D eigenvalue weighted by Crippen LogP contribution is 2.01. The molecule has 74 valence electrons. The Kier molecular flexibility index (Phi) is 12.8. The Balaban J connectivity index is 0. The van der Waals surface area contributed by atoms with Crippen molar-refractivity contribution < 1.29 is 18.7 Å². The van der Waals surface area contributed by atoms with E-state index >= 15 is 0 Å². The van der Waals surface area contributed by atoms with E-state index in [1.165, 1.54) is 12.1 Å². The number of rotatable bonds is 0. The third kappa shape index (κ3) is 9.19. The number of halogens is 3. The van der Waals surface area contributed by atoms with Gasteiger partial charge in [0.15, 0.2) is 11.6 Å². The van der Waals surface area contributed by atoms with E-state index in [0.717, 1.165) is 12.1 Å². The first-order valence-corrected chi connectivity index (χ1v) is 5.23. The normalized spacial score (nSPS) is 7.08. The Morgan fingerprint density at radius 1 is 1.23 bits per heavy atom. The van der Waals surface area contributed by atoms with E-state index in [0.29, 0.717) is 0 Å². The summed E-state index contributed by atoms with van der Waals surface area (Å²) in [6, 6.07) is 5.04. The van der Waals surface area contributed by atoms with Crippen LogP contribution < -0.4 is 0 Å². The average molecular weight is 302 g/mol. The fourth-order valence-electron chi connectivity index (χ4n) is 0.439. The van der Waals surface area contributed by atoms with Gasteiger partial charge in [-0.15, -0.1) is 0 Å². The molecule has 1 N–H and O–H groups in total. The molecule has 1 aromatic rings. The second kappa shape index (κ2) is 11.3. The first kappa shape index (κ1) is 14.8. The summed E-state index contributed by atoms with van der Waals surface area (Å²) in [6.07, 6.45) is 0. The number of carbonyl (C=O) groups is 1. The Bertz CT molecular complexity index is 210. The van der Waals surface area contributed by atoms with Crippen molar-refractivity contribution in [2.24, 2.45) is 0 Å². The smallest absolute Gasteiger partial charge is 0.290 e. The Hall–Kier alpha value is -0.720. The molecule has 0 aliphatic carbocycles. The van der Waals surface area contributed by atoms with Crippen LogP contribution in [0.3, 0.4) is 0 Å². The zero-order valence-electron chi connectivity index (χ0n) is 6.88. The van der Waals surface area contributed by atoms with E-state index in [9.17, 15) is 8.78 Å². The third-order valence-electron chi connectivity index (χ3n) is 0.824. The van der Waals surface area contributed by atoms with E-state index in [1.54, 1.807) is 0 Å². The first-order chi connectivity index (χ1) is 6.22. The van der Waals surface area contributed by atoms with E-state index in [4.69, 9.17) is 9.90 Å². The molecule has 0 atom stereocenters. The average Bonchev–Trinajstić information content (AvgIpc) is 2.15. The molecular formula is C8H9F2IO2. The minimum Gasteiger partial charge on any atom is -0.483 e. The lowest BCUT2D eigenvalue weighted by Gasteiger charge is -1.85. The van der Waals surface area contributed by atoms with E-state index < -0.39 is 11.6 Å². The van der Waals surface area contributed by atoms with Crippen LogP contribution >= 0.6 is 22.6 Å². The fraction of sp³-hybridized carbons (Fsp3) is 0.125. The molecular weight excluding hydrogens is 293 g/mol. The predicted octanol–water partition coefficient (Wildman–Crippen LogP) is 2.72. The molecule has 0 aromatic heterocycles. The quantitative estimate of drug-likeness (QED) is 0.454. The summed E-state index contributed by atoms with van der Waals surface area (Å²) in [5.74, 6) is -1.60. The summed E-state index contributed by atoms with van der Waals surface area (Å²) in [4.78, 5) is 10.3. The number of hydrogen-bond donors (Lipinski definition) is 1.